The molecule has 0 saturated carbocycles. The third kappa shape index (κ3) is 36.1. The smallest absolute Gasteiger partial charge is 1.00 e. The maximum absolute atomic E-state index is 9.01. The summed E-state index contributed by atoms with van der Waals surface area (Å²) in [6.07, 6.45) is -1.48. The third-order valence-electron chi connectivity index (χ3n) is 0.0660. The molecule has 0 aromatic carbocycles. The molecule has 0 saturated heterocycles. The normalized spacial score (nSPS) is 3.67. The largest absolute Gasteiger partial charge is 1.00 e. The Kier molecular flexibility index (Phi) is 74.1. The molecule has 0 unspecified atom stereocenters. The Balaban J connectivity index is -0.00000000381. The van der Waals surface area contributed by atoms with E-state index in [1.165, 1.54) is 0 Å². The first-order chi connectivity index (χ1) is 2.27. The van der Waals surface area contributed by atoms with Crippen molar-refractivity contribution in [3.8, 4) is 0 Å². The molecule has 0 fully saturated rings. The number of rotatable bonds is 0. The van der Waals surface area contributed by atoms with E-state index in [1.807, 2.05) is 0 Å². The van der Waals surface area contributed by atoms with Gasteiger partial charge in [0.2, 0.25) is 0 Å². The molecule has 0 aliphatic rings. The van der Waals surface area contributed by atoms with E-state index in [0.29, 0.717) is 0 Å². The second-order valence-electron chi connectivity index (χ2n) is 0.343. The zero-order chi connectivity index (χ0) is 4.28. The van der Waals surface area contributed by atoms with Gasteiger partial charge in [0.25, 0.3) is 0 Å². The van der Waals surface area contributed by atoms with Crippen molar-refractivity contribution in [1.29, 1.82) is 0 Å². The van der Waals surface area contributed by atoms with Crippen LogP contribution in [0.2, 0.25) is 0 Å². The van der Waals surface area contributed by atoms with Gasteiger partial charge in [-0.3, -0.25) is 0 Å². The summed E-state index contributed by atoms with van der Waals surface area (Å²) in [5.74, 6) is 0. The van der Waals surface area contributed by atoms with Crippen LogP contribution >= 0.6 is 24.3 Å². The number of hydrogen-bond donors (Lipinski definition) is 1. The van der Waals surface area contributed by atoms with Crippen LogP contribution in [0.5, 0.6) is 0 Å². The second kappa shape index (κ2) is 22.4. The van der Waals surface area contributed by atoms with Crippen LogP contribution in [-0.2, 0) is 4.29 Å². The molecule has 0 heterocycles. The molecule has 0 aromatic heterocycles. The van der Waals surface area contributed by atoms with E-state index in [2.05, 4.69) is 16.2 Å². The van der Waals surface area contributed by atoms with E-state index < -0.39 is 6.16 Å². The molecule has 44 valence electrons. The van der Waals surface area contributed by atoms with Crippen molar-refractivity contribution in [3.05, 3.63) is 0 Å². The van der Waals surface area contributed by atoms with Gasteiger partial charge in [-0.2, -0.15) is 0 Å². The van der Waals surface area contributed by atoms with E-state index in [-0.39, 0.29) is 105 Å². The first-order valence-electron chi connectivity index (χ1n) is 0.786. The number of hydrogen-bond acceptors (Lipinski definition) is 2. The fourth-order valence-electron chi connectivity index (χ4n) is 0. The van der Waals surface area contributed by atoms with Crippen LogP contribution in [0.3, 0.4) is 0 Å². The van der Waals surface area contributed by atoms with Crippen LogP contribution in [-0.4, -0.2) is 11.3 Å². The minimum atomic E-state index is -1.48. The van der Waals surface area contributed by atoms with Crippen molar-refractivity contribution in [2.45, 2.75) is 0 Å². The summed E-state index contributed by atoms with van der Waals surface area (Å²) in [5.41, 5.74) is 0. The molecule has 0 aliphatic carbocycles. The molecule has 9 heavy (non-hydrogen) atoms. The van der Waals surface area contributed by atoms with Gasteiger partial charge in [-0.05, 0) is 0 Å². The van der Waals surface area contributed by atoms with Gasteiger partial charge >= 0.3 is 94.8 Å². The summed E-state index contributed by atoms with van der Waals surface area (Å²) in [4.78, 5) is 9.01. The van der Waals surface area contributed by atoms with Crippen LogP contribution in [0.25, 0.3) is 0 Å². The maximum atomic E-state index is 9.01. The van der Waals surface area contributed by atoms with Gasteiger partial charge in [0.15, 0.2) is 0 Å². The van der Waals surface area contributed by atoms with Gasteiger partial charge in [-0.1, -0.05) is 0 Å². The first-order valence-corrected chi connectivity index (χ1v) is 1.09. The van der Waals surface area contributed by atoms with E-state index in [9.17, 15) is 0 Å². The molecular weight excluding hydrogens is 200 g/mol. The van der Waals surface area contributed by atoms with Crippen molar-refractivity contribution in [2.24, 2.45) is 0 Å². The van der Waals surface area contributed by atoms with Crippen molar-refractivity contribution < 1.29 is 107 Å². The summed E-state index contributed by atoms with van der Waals surface area (Å²) in [6, 6.07) is 0. The number of carboxylic acid groups (broad SMARTS) is 1. The Morgan fingerprint density at radius 3 is 1.56 bits per heavy atom. The summed E-state index contributed by atoms with van der Waals surface area (Å²) < 4.78 is 3.14. The van der Waals surface area contributed by atoms with Crippen LogP contribution in [0.15, 0.2) is 0 Å². The average molecular weight is 205 g/mol. The molecule has 0 atom stereocenters. The van der Waals surface area contributed by atoms with Crippen molar-refractivity contribution >= 4 is 30.4 Å². The molecule has 0 spiro atoms. The molecular formula is CH5Cl2Na3O3. The second-order valence-corrected chi connectivity index (χ2v) is 0.497. The molecule has 0 amide bonds. The summed E-state index contributed by atoms with van der Waals surface area (Å²) in [7, 11) is 0. The first kappa shape index (κ1) is 29.7. The van der Waals surface area contributed by atoms with Crippen LogP contribution in [0, 0.1) is 0 Å². The standard InChI is InChI=1S/CHClO3.ClH.3Na.3H/c2-5-1(3)4;;;;;;;/h(H,3,4);1H;;;;;;/q;;3*+1;3*-1. The third-order valence-corrected chi connectivity index (χ3v) is 0.198. The molecule has 1 N–H and O–H groups in total. The van der Waals surface area contributed by atoms with E-state index in [4.69, 9.17) is 9.90 Å². The maximum Gasteiger partial charge on any atom is 1.00 e. The Bertz CT molecular complexity index is 62.1. The van der Waals surface area contributed by atoms with Crippen molar-refractivity contribution in [2.75, 3.05) is 0 Å². The number of carbonyl (C=O) groups is 1. The molecule has 0 aromatic rings. The molecule has 0 aliphatic heterocycles. The number of halogens is 2. The molecule has 3 nitrogen and oxygen atoms in total. The summed E-state index contributed by atoms with van der Waals surface area (Å²) in [6.45, 7) is 0. The Morgan fingerprint density at radius 1 is 1.44 bits per heavy atom. The fraction of sp³-hybridized carbons (Fsp3) is 0. The van der Waals surface area contributed by atoms with Gasteiger partial charge in [0, 0.05) is 0 Å². The van der Waals surface area contributed by atoms with Crippen LogP contribution in [0.1, 0.15) is 4.28 Å². The van der Waals surface area contributed by atoms with Gasteiger partial charge in [0.05, 0.1) is 0 Å². The molecule has 0 bridgehead atoms. The molecule has 0 radical (unpaired) electrons. The average Bonchev–Trinajstić information content (AvgIpc) is 1.38. The monoisotopic (exact) mass is 204 g/mol. The molecule has 0 rings (SSSR count). The Morgan fingerprint density at radius 2 is 1.56 bits per heavy atom. The van der Waals surface area contributed by atoms with E-state index >= 15 is 0 Å². The van der Waals surface area contributed by atoms with Gasteiger partial charge in [-0.15, -0.1) is 12.4 Å². The minimum Gasteiger partial charge on any atom is -1.00 e. The van der Waals surface area contributed by atoms with Gasteiger partial charge in [0.1, 0.15) is 11.9 Å². The topological polar surface area (TPSA) is 46.5 Å². The molecule has 8 heteroatoms. The van der Waals surface area contributed by atoms with Gasteiger partial charge < -0.3 is 13.7 Å². The van der Waals surface area contributed by atoms with Gasteiger partial charge in [-0.25, -0.2) is 4.79 Å². The van der Waals surface area contributed by atoms with E-state index in [0.717, 1.165) is 0 Å². The van der Waals surface area contributed by atoms with Crippen LogP contribution < -0.4 is 88.7 Å². The van der Waals surface area contributed by atoms with Crippen molar-refractivity contribution in [3.63, 3.8) is 0 Å². The predicted octanol–water partition coefficient (Wildman–Crippen LogP) is -7.39. The zero-order valence-corrected chi connectivity index (χ0v) is 13.1. The Labute approximate surface area is 135 Å². The summed E-state index contributed by atoms with van der Waals surface area (Å²) >= 11 is 4.24. The SMILES string of the molecule is Cl.O=C(O)OCl.[H-].[H-].[H-].[Na+].[Na+].[Na+]. The van der Waals surface area contributed by atoms with E-state index in [1.54, 1.807) is 0 Å². The fourth-order valence-corrected chi connectivity index (χ4v) is 0. The predicted molar refractivity (Wildman–Crippen MR) is 25.5 cm³/mol. The minimum absolute atomic E-state index is 0. The quantitative estimate of drug-likeness (QED) is 0.399. The summed E-state index contributed by atoms with van der Waals surface area (Å²) in [5, 5.41) is 7.37. The Hall–Kier alpha value is 2.85. The zero-order valence-electron chi connectivity index (χ0n) is 8.55. The van der Waals surface area contributed by atoms with Crippen molar-refractivity contribution in [1.82, 2.24) is 0 Å². The van der Waals surface area contributed by atoms with Crippen LogP contribution in [0.4, 0.5) is 4.79 Å².